The quantitative estimate of drug-likeness (QED) is 0.693. The molecular formula is C10H8N6O2. The van der Waals surface area contributed by atoms with Crippen molar-refractivity contribution in [1.82, 2.24) is 29.5 Å². The first-order valence-corrected chi connectivity index (χ1v) is 5.08. The average molecular weight is 244 g/mol. The van der Waals surface area contributed by atoms with Gasteiger partial charge in [-0.3, -0.25) is 4.68 Å². The highest BCUT2D eigenvalue weighted by atomic mass is 16.4. The Kier molecular flexibility index (Phi) is 2.09. The second-order valence-electron chi connectivity index (χ2n) is 3.68. The number of hydrogen-bond donors (Lipinski definition) is 1. The highest BCUT2D eigenvalue weighted by Gasteiger charge is 2.12. The third-order valence-corrected chi connectivity index (χ3v) is 2.55. The van der Waals surface area contributed by atoms with Gasteiger partial charge in [0, 0.05) is 13.2 Å². The zero-order chi connectivity index (χ0) is 12.7. The van der Waals surface area contributed by atoms with Gasteiger partial charge in [0.1, 0.15) is 6.33 Å². The predicted molar refractivity (Wildman–Crippen MR) is 60.4 cm³/mol. The molecule has 90 valence electrons. The number of fused-ring (bicyclic) bond motifs is 1. The Hall–Kier alpha value is -2.77. The van der Waals surface area contributed by atoms with Crippen LogP contribution >= 0.6 is 0 Å². The second-order valence-corrected chi connectivity index (χ2v) is 3.68. The number of carbonyl (C=O) groups is 1. The van der Waals surface area contributed by atoms with E-state index in [1.807, 2.05) is 0 Å². The third kappa shape index (κ3) is 1.43. The van der Waals surface area contributed by atoms with Crippen LogP contribution < -0.4 is 0 Å². The molecule has 0 aliphatic carbocycles. The highest BCUT2D eigenvalue weighted by Crippen LogP contribution is 2.16. The summed E-state index contributed by atoms with van der Waals surface area (Å²) in [5.74, 6) is -0.529. The van der Waals surface area contributed by atoms with E-state index in [0.717, 1.165) is 0 Å². The number of rotatable bonds is 2. The van der Waals surface area contributed by atoms with Gasteiger partial charge >= 0.3 is 5.97 Å². The van der Waals surface area contributed by atoms with Crippen molar-refractivity contribution in [2.75, 3.05) is 0 Å². The van der Waals surface area contributed by atoms with Gasteiger partial charge in [0.25, 0.3) is 0 Å². The standard InChI is InChI=1S/C10H8N6O2/c1-15-8-7(3-13-15)9(12-5-11-8)16-4-6(2-14-16)10(17)18/h2-5H,1H3,(H,17,18). The van der Waals surface area contributed by atoms with Crippen LogP contribution in [0.5, 0.6) is 0 Å². The lowest BCUT2D eigenvalue weighted by Crippen LogP contribution is -2.01. The predicted octanol–water partition coefficient (Wildman–Crippen LogP) is 0.247. The van der Waals surface area contributed by atoms with Gasteiger partial charge in [-0.1, -0.05) is 0 Å². The van der Waals surface area contributed by atoms with E-state index in [2.05, 4.69) is 20.2 Å². The summed E-state index contributed by atoms with van der Waals surface area (Å²) >= 11 is 0. The molecule has 8 nitrogen and oxygen atoms in total. The van der Waals surface area contributed by atoms with Crippen LogP contribution in [0.15, 0.2) is 24.9 Å². The van der Waals surface area contributed by atoms with Crippen LogP contribution in [0.4, 0.5) is 0 Å². The van der Waals surface area contributed by atoms with Crippen molar-refractivity contribution in [1.29, 1.82) is 0 Å². The fraction of sp³-hybridized carbons (Fsp3) is 0.100. The van der Waals surface area contributed by atoms with Crippen molar-refractivity contribution >= 4 is 17.0 Å². The van der Waals surface area contributed by atoms with E-state index in [4.69, 9.17) is 5.11 Å². The summed E-state index contributed by atoms with van der Waals surface area (Å²) in [4.78, 5) is 19.0. The summed E-state index contributed by atoms with van der Waals surface area (Å²) in [5, 5.41) is 17.6. The Balaban J connectivity index is 2.21. The zero-order valence-electron chi connectivity index (χ0n) is 9.35. The molecule has 0 aliphatic heterocycles. The van der Waals surface area contributed by atoms with Crippen molar-refractivity contribution < 1.29 is 9.90 Å². The van der Waals surface area contributed by atoms with Gasteiger partial charge in [0.05, 0.1) is 23.3 Å². The number of carboxylic acids is 1. The van der Waals surface area contributed by atoms with Gasteiger partial charge in [-0.05, 0) is 0 Å². The molecule has 1 N–H and O–H groups in total. The first kappa shape index (κ1) is 10.4. The van der Waals surface area contributed by atoms with Crippen LogP contribution in [-0.4, -0.2) is 40.6 Å². The van der Waals surface area contributed by atoms with E-state index in [-0.39, 0.29) is 5.56 Å². The Morgan fingerprint density at radius 1 is 1.28 bits per heavy atom. The Labute approximate surface area is 101 Å². The average Bonchev–Trinajstić information content (AvgIpc) is 2.97. The lowest BCUT2D eigenvalue weighted by molar-refractivity contribution is 0.0697. The third-order valence-electron chi connectivity index (χ3n) is 2.55. The van der Waals surface area contributed by atoms with E-state index >= 15 is 0 Å². The largest absolute Gasteiger partial charge is 0.478 e. The van der Waals surface area contributed by atoms with Crippen LogP contribution in [-0.2, 0) is 7.05 Å². The van der Waals surface area contributed by atoms with Gasteiger partial charge in [-0.2, -0.15) is 10.2 Å². The Morgan fingerprint density at radius 2 is 2.11 bits per heavy atom. The zero-order valence-corrected chi connectivity index (χ0v) is 9.35. The van der Waals surface area contributed by atoms with Gasteiger partial charge in [0.2, 0.25) is 0 Å². The van der Waals surface area contributed by atoms with E-state index in [1.54, 1.807) is 17.9 Å². The first-order valence-electron chi connectivity index (χ1n) is 5.08. The Bertz CT molecular complexity index is 744. The molecule has 3 heterocycles. The molecule has 0 spiro atoms. The monoisotopic (exact) mass is 244 g/mol. The minimum atomic E-state index is -1.03. The molecule has 0 saturated carbocycles. The maximum Gasteiger partial charge on any atom is 0.338 e. The van der Waals surface area contributed by atoms with Crippen molar-refractivity contribution in [3.63, 3.8) is 0 Å². The molecule has 0 aromatic carbocycles. The maximum absolute atomic E-state index is 10.8. The van der Waals surface area contributed by atoms with E-state index in [1.165, 1.54) is 23.4 Å². The van der Waals surface area contributed by atoms with Crippen LogP contribution in [0, 0.1) is 0 Å². The van der Waals surface area contributed by atoms with Gasteiger partial charge < -0.3 is 5.11 Å². The second kappa shape index (κ2) is 3.62. The lowest BCUT2D eigenvalue weighted by Gasteiger charge is -2.00. The molecule has 0 saturated heterocycles. The Morgan fingerprint density at radius 3 is 2.83 bits per heavy atom. The number of hydrogen-bond acceptors (Lipinski definition) is 5. The number of aromatic nitrogens is 6. The van der Waals surface area contributed by atoms with Crippen LogP contribution in [0.1, 0.15) is 10.4 Å². The molecule has 0 radical (unpaired) electrons. The summed E-state index contributed by atoms with van der Waals surface area (Å²) in [6.07, 6.45) is 5.68. The molecule has 18 heavy (non-hydrogen) atoms. The van der Waals surface area contributed by atoms with Crippen molar-refractivity contribution in [2.24, 2.45) is 7.05 Å². The fourth-order valence-electron chi connectivity index (χ4n) is 1.68. The van der Waals surface area contributed by atoms with Crippen molar-refractivity contribution in [2.45, 2.75) is 0 Å². The molecule has 3 aromatic rings. The number of carboxylic acid groups (broad SMARTS) is 1. The number of aromatic carboxylic acids is 1. The number of aryl methyl sites for hydroxylation is 1. The van der Waals surface area contributed by atoms with Crippen molar-refractivity contribution in [3.05, 3.63) is 30.5 Å². The molecule has 3 aromatic heterocycles. The molecule has 3 rings (SSSR count). The van der Waals surface area contributed by atoms with E-state index in [9.17, 15) is 4.79 Å². The van der Waals surface area contributed by atoms with Crippen LogP contribution in [0.3, 0.4) is 0 Å². The molecule has 0 amide bonds. The molecule has 0 fully saturated rings. The van der Waals surface area contributed by atoms with Gasteiger partial charge in [0.15, 0.2) is 11.5 Å². The minimum Gasteiger partial charge on any atom is -0.478 e. The SMILES string of the molecule is Cn1ncc2c(-n3cc(C(=O)O)cn3)ncnc21. The topological polar surface area (TPSA) is 98.7 Å². The van der Waals surface area contributed by atoms with Crippen LogP contribution in [0.25, 0.3) is 16.9 Å². The minimum absolute atomic E-state index is 0.102. The molecule has 0 atom stereocenters. The summed E-state index contributed by atoms with van der Waals surface area (Å²) in [7, 11) is 1.77. The van der Waals surface area contributed by atoms with Gasteiger partial charge in [-0.25, -0.2) is 19.4 Å². The van der Waals surface area contributed by atoms with Crippen LogP contribution in [0.2, 0.25) is 0 Å². The summed E-state index contributed by atoms with van der Waals surface area (Å²) < 4.78 is 3.01. The first-order chi connectivity index (χ1) is 8.66. The summed E-state index contributed by atoms with van der Waals surface area (Å²) in [6, 6.07) is 0. The van der Waals surface area contributed by atoms with E-state index < -0.39 is 5.97 Å². The summed E-state index contributed by atoms with van der Waals surface area (Å²) in [6.45, 7) is 0. The molecule has 0 unspecified atom stereocenters. The molecule has 8 heteroatoms. The smallest absolute Gasteiger partial charge is 0.338 e. The summed E-state index contributed by atoms with van der Waals surface area (Å²) in [5.41, 5.74) is 0.762. The highest BCUT2D eigenvalue weighted by molar-refractivity contribution is 5.87. The lowest BCUT2D eigenvalue weighted by atomic mass is 10.3. The fourth-order valence-corrected chi connectivity index (χ4v) is 1.68. The van der Waals surface area contributed by atoms with E-state index in [0.29, 0.717) is 16.9 Å². The molecule has 0 bridgehead atoms. The number of nitrogens with zero attached hydrogens (tertiary/aromatic N) is 6. The van der Waals surface area contributed by atoms with Crippen molar-refractivity contribution in [3.8, 4) is 5.82 Å². The van der Waals surface area contributed by atoms with Gasteiger partial charge in [-0.15, -0.1) is 0 Å². The normalized spacial score (nSPS) is 10.9. The molecule has 0 aliphatic rings. The molecular weight excluding hydrogens is 236 g/mol. The maximum atomic E-state index is 10.8.